The van der Waals surface area contributed by atoms with Gasteiger partial charge in [0.1, 0.15) is 5.69 Å². The Balaban J connectivity index is 2.36. The van der Waals surface area contributed by atoms with Crippen molar-refractivity contribution in [3.05, 3.63) is 41.9 Å². The fourth-order valence-corrected chi connectivity index (χ4v) is 1.58. The lowest BCUT2D eigenvalue weighted by Gasteiger charge is -2.03. The molecule has 1 N–H and O–H groups in total. The van der Waals surface area contributed by atoms with Gasteiger partial charge in [0.25, 0.3) is 0 Å². The Kier molecular flexibility index (Phi) is 3.23. The summed E-state index contributed by atoms with van der Waals surface area (Å²) in [5.74, 6) is -0.374. The summed E-state index contributed by atoms with van der Waals surface area (Å²) in [6.07, 6.45) is 1.50. The van der Waals surface area contributed by atoms with Crippen LogP contribution in [0.3, 0.4) is 0 Å². The second kappa shape index (κ2) is 4.82. The van der Waals surface area contributed by atoms with Gasteiger partial charge in [0.05, 0.1) is 12.9 Å². The fraction of sp³-hybridized carbons (Fsp3) is 0.231. The van der Waals surface area contributed by atoms with Gasteiger partial charge in [0.2, 0.25) is 0 Å². The highest BCUT2D eigenvalue weighted by Crippen LogP contribution is 2.21. The minimum absolute atomic E-state index is 0.352. The molecule has 1 heterocycles. The van der Waals surface area contributed by atoms with Crippen molar-refractivity contribution < 1.29 is 9.53 Å². The number of nitrogens with one attached hydrogen (secondary N) is 1. The quantitative estimate of drug-likeness (QED) is 0.824. The van der Waals surface area contributed by atoms with Crippen LogP contribution in [-0.4, -0.2) is 22.5 Å². The third-order valence-corrected chi connectivity index (χ3v) is 2.44. The lowest BCUT2D eigenvalue weighted by Crippen LogP contribution is -2.06. The minimum Gasteiger partial charge on any atom is -0.461 e. The van der Waals surface area contributed by atoms with Crippen LogP contribution in [0.25, 0.3) is 11.3 Å². The van der Waals surface area contributed by atoms with Crippen LogP contribution in [0, 0.1) is 6.92 Å². The number of carbonyl (C=O) groups is 1. The number of hydrogen-bond donors (Lipinski definition) is 1. The Bertz CT molecular complexity index is 514. The molecule has 0 aliphatic heterocycles. The number of hydrogen-bond acceptors (Lipinski definition) is 3. The molecule has 2 rings (SSSR count). The Labute approximate surface area is 99.7 Å². The molecule has 88 valence electrons. The molecule has 17 heavy (non-hydrogen) atoms. The standard InChI is InChI=1S/C13H14N2O2/c1-3-17-13(16)12-11(14-8-15-12)10-6-4-9(2)5-7-10/h4-8H,3H2,1-2H3,(H,14,15). The average Bonchev–Trinajstić information content (AvgIpc) is 2.79. The zero-order valence-electron chi connectivity index (χ0n) is 9.86. The largest absolute Gasteiger partial charge is 0.461 e. The Morgan fingerprint density at radius 3 is 2.71 bits per heavy atom. The lowest BCUT2D eigenvalue weighted by atomic mass is 10.1. The normalized spacial score (nSPS) is 10.2. The van der Waals surface area contributed by atoms with Crippen LogP contribution in [0.15, 0.2) is 30.6 Å². The maximum Gasteiger partial charge on any atom is 0.357 e. The number of aryl methyl sites for hydroxylation is 1. The Morgan fingerprint density at radius 1 is 1.35 bits per heavy atom. The van der Waals surface area contributed by atoms with Gasteiger partial charge in [-0.25, -0.2) is 9.78 Å². The van der Waals surface area contributed by atoms with Crippen LogP contribution in [0.2, 0.25) is 0 Å². The van der Waals surface area contributed by atoms with Gasteiger partial charge < -0.3 is 9.72 Å². The van der Waals surface area contributed by atoms with Gasteiger partial charge in [0, 0.05) is 5.56 Å². The van der Waals surface area contributed by atoms with E-state index >= 15 is 0 Å². The van der Waals surface area contributed by atoms with E-state index in [1.165, 1.54) is 11.9 Å². The first-order chi connectivity index (χ1) is 8.22. The molecular formula is C13H14N2O2. The zero-order valence-corrected chi connectivity index (χ0v) is 9.86. The second-order valence-corrected chi connectivity index (χ2v) is 3.71. The third kappa shape index (κ3) is 2.36. The highest BCUT2D eigenvalue weighted by atomic mass is 16.5. The van der Waals surface area contributed by atoms with Gasteiger partial charge in [-0.3, -0.25) is 0 Å². The lowest BCUT2D eigenvalue weighted by molar-refractivity contribution is 0.0521. The van der Waals surface area contributed by atoms with E-state index in [-0.39, 0.29) is 5.97 Å². The first-order valence-corrected chi connectivity index (χ1v) is 5.50. The highest BCUT2D eigenvalue weighted by Gasteiger charge is 2.16. The van der Waals surface area contributed by atoms with Gasteiger partial charge in [-0.2, -0.15) is 0 Å². The molecule has 0 bridgehead atoms. The van der Waals surface area contributed by atoms with Crippen molar-refractivity contribution >= 4 is 5.97 Å². The molecular weight excluding hydrogens is 216 g/mol. The highest BCUT2D eigenvalue weighted by molar-refractivity contribution is 5.94. The van der Waals surface area contributed by atoms with E-state index in [0.717, 1.165) is 5.56 Å². The molecule has 0 radical (unpaired) electrons. The Hall–Kier alpha value is -2.10. The smallest absolute Gasteiger partial charge is 0.357 e. The molecule has 0 fully saturated rings. The van der Waals surface area contributed by atoms with Crippen molar-refractivity contribution in [1.29, 1.82) is 0 Å². The number of rotatable bonds is 3. The van der Waals surface area contributed by atoms with E-state index in [4.69, 9.17) is 4.74 Å². The van der Waals surface area contributed by atoms with Gasteiger partial charge in [-0.05, 0) is 13.8 Å². The van der Waals surface area contributed by atoms with Crippen LogP contribution >= 0.6 is 0 Å². The summed E-state index contributed by atoms with van der Waals surface area (Å²) in [4.78, 5) is 18.7. The van der Waals surface area contributed by atoms with Gasteiger partial charge in [-0.1, -0.05) is 29.8 Å². The number of ether oxygens (including phenoxy) is 1. The van der Waals surface area contributed by atoms with Crippen molar-refractivity contribution in [3.8, 4) is 11.3 Å². The summed E-state index contributed by atoms with van der Waals surface area (Å²) in [6, 6.07) is 7.85. The van der Waals surface area contributed by atoms with E-state index in [2.05, 4.69) is 9.97 Å². The summed E-state index contributed by atoms with van der Waals surface area (Å²) < 4.78 is 4.96. The van der Waals surface area contributed by atoms with Crippen LogP contribution in [-0.2, 0) is 4.74 Å². The average molecular weight is 230 g/mol. The molecule has 1 aromatic heterocycles. The van der Waals surface area contributed by atoms with Gasteiger partial charge in [0.15, 0.2) is 5.69 Å². The first-order valence-electron chi connectivity index (χ1n) is 5.50. The van der Waals surface area contributed by atoms with Crippen molar-refractivity contribution in [3.63, 3.8) is 0 Å². The number of H-pyrrole nitrogens is 1. The predicted octanol–water partition coefficient (Wildman–Crippen LogP) is 2.56. The van der Waals surface area contributed by atoms with Crippen LogP contribution in [0.4, 0.5) is 0 Å². The number of imidazole rings is 1. The molecule has 0 amide bonds. The molecule has 2 aromatic rings. The molecule has 4 heteroatoms. The van der Waals surface area contributed by atoms with Crippen LogP contribution in [0.5, 0.6) is 0 Å². The van der Waals surface area contributed by atoms with Crippen molar-refractivity contribution in [2.75, 3.05) is 6.61 Å². The van der Waals surface area contributed by atoms with Gasteiger partial charge >= 0.3 is 5.97 Å². The van der Waals surface area contributed by atoms with E-state index in [1.54, 1.807) is 6.92 Å². The molecule has 0 atom stereocenters. The molecule has 0 saturated carbocycles. The maximum atomic E-state index is 11.7. The summed E-state index contributed by atoms with van der Waals surface area (Å²) in [5.41, 5.74) is 3.10. The first kappa shape index (κ1) is 11.4. The number of aromatic nitrogens is 2. The number of nitrogens with zero attached hydrogens (tertiary/aromatic N) is 1. The fourth-order valence-electron chi connectivity index (χ4n) is 1.58. The zero-order chi connectivity index (χ0) is 12.3. The van der Waals surface area contributed by atoms with E-state index in [9.17, 15) is 4.79 Å². The molecule has 0 spiro atoms. The van der Waals surface area contributed by atoms with E-state index in [1.807, 2.05) is 31.2 Å². The number of esters is 1. The number of carbonyl (C=O) groups excluding carboxylic acids is 1. The Morgan fingerprint density at radius 2 is 2.06 bits per heavy atom. The molecule has 0 aliphatic rings. The van der Waals surface area contributed by atoms with Crippen LogP contribution in [0.1, 0.15) is 23.0 Å². The van der Waals surface area contributed by atoms with Crippen molar-refractivity contribution in [2.24, 2.45) is 0 Å². The van der Waals surface area contributed by atoms with E-state index in [0.29, 0.717) is 18.0 Å². The summed E-state index contributed by atoms with van der Waals surface area (Å²) >= 11 is 0. The minimum atomic E-state index is -0.374. The molecule has 1 aromatic carbocycles. The SMILES string of the molecule is CCOC(=O)c1[nH]cnc1-c1ccc(C)cc1. The number of aromatic amines is 1. The molecule has 0 aliphatic carbocycles. The van der Waals surface area contributed by atoms with Crippen molar-refractivity contribution in [2.45, 2.75) is 13.8 Å². The maximum absolute atomic E-state index is 11.7. The van der Waals surface area contributed by atoms with Crippen LogP contribution < -0.4 is 0 Å². The predicted molar refractivity (Wildman–Crippen MR) is 64.7 cm³/mol. The topological polar surface area (TPSA) is 55.0 Å². The molecule has 0 saturated heterocycles. The summed E-state index contributed by atoms with van der Waals surface area (Å²) in [6.45, 7) is 4.14. The third-order valence-electron chi connectivity index (χ3n) is 2.44. The van der Waals surface area contributed by atoms with E-state index < -0.39 is 0 Å². The summed E-state index contributed by atoms with van der Waals surface area (Å²) in [7, 11) is 0. The molecule has 4 nitrogen and oxygen atoms in total. The summed E-state index contributed by atoms with van der Waals surface area (Å²) in [5, 5.41) is 0. The monoisotopic (exact) mass is 230 g/mol. The number of benzene rings is 1. The molecule has 0 unspecified atom stereocenters. The van der Waals surface area contributed by atoms with Gasteiger partial charge in [-0.15, -0.1) is 0 Å². The second-order valence-electron chi connectivity index (χ2n) is 3.71. The van der Waals surface area contributed by atoms with Crippen molar-refractivity contribution in [1.82, 2.24) is 9.97 Å².